The van der Waals surface area contributed by atoms with Gasteiger partial charge in [-0.25, -0.2) is 0 Å². The molecule has 2 heteroatoms. The van der Waals surface area contributed by atoms with Crippen molar-refractivity contribution >= 4 is 0 Å². The summed E-state index contributed by atoms with van der Waals surface area (Å²) in [5.41, 5.74) is 5.47. The maximum absolute atomic E-state index is 5.74. The number of aryl methyl sites for hydroxylation is 4. The van der Waals surface area contributed by atoms with Crippen molar-refractivity contribution in [1.82, 2.24) is 0 Å². The van der Waals surface area contributed by atoms with Crippen molar-refractivity contribution in [1.29, 1.82) is 0 Å². The van der Waals surface area contributed by atoms with E-state index in [-0.39, 0.29) is 5.79 Å². The van der Waals surface area contributed by atoms with Gasteiger partial charge >= 0.3 is 0 Å². The second-order valence-corrected chi connectivity index (χ2v) is 11.0. The molecule has 204 valence electrons. The SMILES string of the molecule is CCC.CCC.COC1(OC)C2CC3CC(C2)CC1C3.Cc1ccccc1C.Cc1ccccc1C. The fourth-order valence-corrected chi connectivity index (χ4v) is 5.92. The van der Waals surface area contributed by atoms with Crippen molar-refractivity contribution in [3.8, 4) is 0 Å². The molecule has 0 saturated heterocycles. The summed E-state index contributed by atoms with van der Waals surface area (Å²) < 4.78 is 11.5. The van der Waals surface area contributed by atoms with Crippen LogP contribution in [0.3, 0.4) is 0 Å². The van der Waals surface area contributed by atoms with Gasteiger partial charge in [0.05, 0.1) is 0 Å². The monoisotopic (exact) mass is 496 g/mol. The van der Waals surface area contributed by atoms with E-state index in [1.165, 1.54) is 67.2 Å². The quantitative estimate of drug-likeness (QED) is 0.385. The van der Waals surface area contributed by atoms with Crippen LogP contribution in [0.2, 0.25) is 0 Å². The molecule has 2 nitrogen and oxygen atoms in total. The lowest BCUT2D eigenvalue weighted by Gasteiger charge is -2.59. The van der Waals surface area contributed by atoms with Crippen LogP contribution in [0.4, 0.5) is 0 Å². The van der Waals surface area contributed by atoms with Crippen LogP contribution in [0, 0.1) is 51.4 Å². The van der Waals surface area contributed by atoms with E-state index in [1.54, 1.807) is 0 Å². The van der Waals surface area contributed by atoms with Crippen molar-refractivity contribution in [3.63, 3.8) is 0 Å². The first kappa shape index (κ1) is 32.4. The summed E-state index contributed by atoms with van der Waals surface area (Å²) in [4.78, 5) is 0. The number of hydrogen-bond donors (Lipinski definition) is 0. The predicted molar refractivity (Wildman–Crippen MR) is 158 cm³/mol. The highest BCUT2D eigenvalue weighted by atomic mass is 16.7. The number of hydrogen-bond acceptors (Lipinski definition) is 2. The van der Waals surface area contributed by atoms with E-state index >= 15 is 0 Å². The molecule has 0 unspecified atom stereocenters. The Bertz CT molecular complexity index is 719. The van der Waals surface area contributed by atoms with Gasteiger partial charge in [0.15, 0.2) is 5.79 Å². The van der Waals surface area contributed by atoms with Crippen LogP contribution in [0.1, 0.15) is 94.9 Å². The number of ether oxygens (including phenoxy) is 2. The summed E-state index contributed by atoms with van der Waals surface area (Å²) >= 11 is 0. The van der Waals surface area contributed by atoms with E-state index in [2.05, 4.69) is 104 Å². The molecule has 4 aliphatic carbocycles. The molecule has 0 spiro atoms. The van der Waals surface area contributed by atoms with Crippen molar-refractivity contribution in [2.24, 2.45) is 23.7 Å². The number of benzene rings is 2. The van der Waals surface area contributed by atoms with Gasteiger partial charge in [0, 0.05) is 26.1 Å². The lowest BCUT2D eigenvalue weighted by Crippen LogP contribution is -2.59. The van der Waals surface area contributed by atoms with Crippen LogP contribution in [0.15, 0.2) is 48.5 Å². The van der Waals surface area contributed by atoms with Crippen LogP contribution in [-0.4, -0.2) is 20.0 Å². The topological polar surface area (TPSA) is 18.5 Å². The highest BCUT2D eigenvalue weighted by molar-refractivity contribution is 5.24. The first-order valence-corrected chi connectivity index (χ1v) is 14.4. The van der Waals surface area contributed by atoms with Crippen LogP contribution in [0.25, 0.3) is 0 Å². The third-order valence-electron chi connectivity index (χ3n) is 7.77. The summed E-state index contributed by atoms with van der Waals surface area (Å²) in [7, 11) is 3.65. The molecule has 2 aromatic rings. The fraction of sp³-hybridized carbons (Fsp3) is 0.647. The largest absolute Gasteiger partial charge is 0.353 e. The third-order valence-corrected chi connectivity index (χ3v) is 7.77. The van der Waals surface area contributed by atoms with E-state index < -0.39 is 0 Å². The van der Waals surface area contributed by atoms with Gasteiger partial charge < -0.3 is 9.47 Å². The molecule has 4 bridgehead atoms. The summed E-state index contributed by atoms with van der Waals surface area (Å²) in [5.74, 6) is 3.10. The van der Waals surface area contributed by atoms with E-state index in [9.17, 15) is 0 Å². The normalized spacial score (nSPS) is 23.9. The molecule has 0 radical (unpaired) electrons. The van der Waals surface area contributed by atoms with Crippen LogP contribution in [-0.2, 0) is 9.47 Å². The summed E-state index contributed by atoms with van der Waals surface area (Å²) in [6.07, 6.45) is 9.35. The standard InChI is InChI=1S/C12H20O2.2C8H10.2C3H8/c1-13-12(14-2)10-4-8-3-9(6-10)7-11(12)5-8;2*1-7-5-3-4-6-8(7)2;2*1-3-2/h8-11H,3-7H2,1-2H3;2*3-6H,1-2H3;2*3H2,1-2H3. The maximum Gasteiger partial charge on any atom is 0.173 e. The molecular formula is C34H56O2. The molecule has 36 heavy (non-hydrogen) atoms. The maximum atomic E-state index is 5.74. The minimum absolute atomic E-state index is 0.215. The zero-order valence-corrected chi connectivity index (χ0v) is 25.2. The number of rotatable bonds is 2. The molecule has 4 fully saturated rings. The van der Waals surface area contributed by atoms with Crippen LogP contribution >= 0.6 is 0 Å². The van der Waals surface area contributed by atoms with Gasteiger partial charge in [-0.1, -0.05) is 89.1 Å². The van der Waals surface area contributed by atoms with Gasteiger partial charge in [-0.3, -0.25) is 0 Å². The molecule has 4 saturated carbocycles. The molecule has 0 aliphatic heterocycles. The Morgan fingerprint density at radius 2 is 0.806 bits per heavy atom. The second kappa shape index (κ2) is 17.0. The fourth-order valence-electron chi connectivity index (χ4n) is 5.92. The molecule has 4 aliphatic rings. The molecule has 6 rings (SSSR count). The highest BCUT2D eigenvalue weighted by Crippen LogP contribution is 2.59. The van der Waals surface area contributed by atoms with Gasteiger partial charge in [-0.15, -0.1) is 0 Å². The van der Waals surface area contributed by atoms with E-state index in [1.807, 2.05) is 14.2 Å². The van der Waals surface area contributed by atoms with E-state index in [0.717, 1.165) is 11.8 Å². The Hall–Kier alpha value is -1.64. The second-order valence-electron chi connectivity index (χ2n) is 11.0. The van der Waals surface area contributed by atoms with Crippen molar-refractivity contribution < 1.29 is 9.47 Å². The first-order valence-electron chi connectivity index (χ1n) is 14.4. The van der Waals surface area contributed by atoms with Crippen LogP contribution in [0.5, 0.6) is 0 Å². The average molecular weight is 497 g/mol. The molecule has 2 aromatic carbocycles. The lowest BCUT2D eigenvalue weighted by atomic mass is 9.53. The molecular weight excluding hydrogens is 440 g/mol. The molecule has 0 atom stereocenters. The average Bonchev–Trinajstić information content (AvgIpc) is 2.85. The Labute approximate surface area is 224 Å². The molecule has 0 amide bonds. The zero-order chi connectivity index (χ0) is 27.1. The smallest absolute Gasteiger partial charge is 0.173 e. The Balaban J connectivity index is 0.000000256. The van der Waals surface area contributed by atoms with Crippen LogP contribution < -0.4 is 0 Å². The van der Waals surface area contributed by atoms with E-state index in [4.69, 9.17) is 9.47 Å². The molecule has 0 aromatic heterocycles. The summed E-state index contributed by atoms with van der Waals surface area (Å²) in [6.45, 7) is 17.0. The minimum atomic E-state index is -0.215. The van der Waals surface area contributed by atoms with Gasteiger partial charge in [0.2, 0.25) is 0 Å². The number of methoxy groups -OCH3 is 2. The van der Waals surface area contributed by atoms with Gasteiger partial charge in [0.25, 0.3) is 0 Å². The Kier molecular flexibility index (Phi) is 15.3. The molecule has 0 N–H and O–H groups in total. The summed E-state index contributed by atoms with van der Waals surface area (Å²) in [5, 5.41) is 0. The van der Waals surface area contributed by atoms with Crippen molar-refractivity contribution in [2.45, 2.75) is 106 Å². The minimum Gasteiger partial charge on any atom is -0.353 e. The zero-order valence-electron chi connectivity index (χ0n) is 25.2. The Morgan fingerprint density at radius 3 is 1.00 bits per heavy atom. The lowest BCUT2D eigenvalue weighted by molar-refractivity contribution is -0.319. The predicted octanol–water partition coefficient (Wildman–Crippen LogP) is 9.87. The van der Waals surface area contributed by atoms with Crippen molar-refractivity contribution in [3.05, 3.63) is 70.8 Å². The molecule has 0 heterocycles. The van der Waals surface area contributed by atoms with Gasteiger partial charge in [-0.05, 0) is 93.9 Å². The van der Waals surface area contributed by atoms with Gasteiger partial charge in [-0.2, -0.15) is 0 Å². The van der Waals surface area contributed by atoms with Gasteiger partial charge in [0.1, 0.15) is 0 Å². The first-order chi connectivity index (χ1) is 17.2. The van der Waals surface area contributed by atoms with Crippen molar-refractivity contribution in [2.75, 3.05) is 14.2 Å². The highest BCUT2D eigenvalue weighted by Gasteiger charge is 2.58. The third kappa shape index (κ3) is 9.34. The van der Waals surface area contributed by atoms with E-state index in [0.29, 0.717) is 11.8 Å². The Morgan fingerprint density at radius 1 is 0.556 bits per heavy atom. The summed E-state index contributed by atoms with van der Waals surface area (Å²) in [6, 6.07) is 16.7.